The minimum Gasteiger partial charge on any atom is -0.467 e. The molecule has 1 atom stereocenters. The molecule has 2 nitrogen and oxygen atoms in total. The average Bonchev–Trinajstić information content (AvgIpc) is 2.47. The lowest BCUT2D eigenvalue weighted by atomic mass is 9.84. The standard InChI is InChI=1S/C13H23NO/c1-12(2,3)9-7-10(15-8-9)11(14)13(4,5)6/h7-8,11H,14H2,1-6H3/t11-/m0/s1. The predicted molar refractivity (Wildman–Crippen MR) is 63.8 cm³/mol. The molecule has 0 fully saturated rings. The molecule has 0 unspecified atom stereocenters. The monoisotopic (exact) mass is 209 g/mol. The third kappa shape index (κ3) is 2.85. The van der Waals surface area contributed by atoms with Crippen LogP contribution in [0.5, 0.6) is 0 Å². The first kappa shape index (κ1) is 12.3. The zero-order valence-electron chi connectivity index (χ0n) is 10.7. The third-order valence-electron chi connectivity index (χ3n) is 2.73. The van der Waals surface area contributed by atoms with Crippen molar-refractivity contribution in [3.8, 4) is 0 Å². The van der Waals surface area contributed by atoms with Crippen LogP contribution in [0.3, 0.4) is 0 Å². The minimum atomic E-state index is -0.0476. The van der Waals surface area contributed by atoms with Gasteiger partial charge in [-0.15, -0.1) is 0 Å². The first-order valence-corrected chi connectivity index (χ1v) is 5.47. The highest BCUT2D eigenvalue weighted by Gasteiger charge is 2.26. The van der Waals surface area contributed by atoms with Crippen LogP contribution in [0.2, 0.25) is 0 Å². The fourth-order valence-corrected chi connectivity index (χ4v) is 1.34. The molecule has 0 saturated carbocycles. The van der Waals surface area contributed by atoms with Crippen LogP contribution >= 0.6 is 0 Å². The van der Waals surface area contributed by atoms with Crippen LogP contribution in [0.25, 0.3) is 0 Å². The molecule has 0 spiro atoms. The second-order valence-electron chi connectivity index (χ2n) is 6.33. The summed E-state index contributed by atoms with van der Waals surface area (Å²) in [5.41, 5.74) is 7.50. The molecular formula is C13H23NO. The van der Waals surface area contributed by atoms with Crippen molar-refractivity contribution in [2.24, 2.45) is 11.1 Å². The summed E-state index contributed by atoms with van der Waals surface area (Å²) in [4.78, 5) is 0. The predicted octanol–water partition coefficient (Wildman–Crippen LogP) is 3.62. The Morgan fingerprint density at radius 2 is 1.67 bits per heavy atom. The lowest BCUT2D eigenvalue weighted by Crippen LogP contribution is -2.25. The van der Waals surface area contributed by atoms with E-state index in [9.17, 15) is 0 Å². The van der Waals surface area contributed by atoms with Gasteiger partial charge in [0.2, 0.25) is 0 Å². The topological polar surface area (TPSA) is 39.2 Å². The summed E-state index contributed by atoms with van der Waals surface area (Å²) in [6.07, 6.45) is 1.82. The molecule has 0 aliphatic carbocycles. The number of furan rings is 1. The molecule has 0 aliphatic heterocycles. The average molecular weight is 209 g/mol. The van der Waals surface area contributed by atoms with E-state index in [2.05, 4.69) is 47.6 Å². The highest BCUT2D eigenvalue weighted by atomic mass is 16.3. The van der Waals surface area contributed by atoms with Gasteiger partial charge in [-0.05, 0) is 22.5 Å². The highest BCUT2D eigenvalue weighted by Crippen LogP contribution is 2.33. The van der Waals surface area contributed by atoms with Crippen LogP contribution in [-0.2, 0) is 5.41 Å². The van der Waals surface area contributed by atoms with Gasteiger partial charge in [-0.3, -0.25) is 0 Å². The summed E-state index contributed by atoms with van der Waals surface area (Å²) >= 11 is 0. The van der Waals surface area contributed by atoms with E-state index in [4.69, 9.17) is 10.2 Å². The third-order valence-corrected chi connectivity index (χ3v) is 2.73. The van der Waals surface area contributed by atoms with Gasteiger partial charge in [-0.1, -0.05) is 41.5 Å². The van der Waals surface area contributed by atoms with Crippen LogP contribution in [0.15, 0.2) is 16.7 Å². The van der Waals surface area contributed by atoms with Crippen LogP contribution in [-0.4, -0.2) is 0 Å². The molecule has 2 N–H and O–H groups in total. The lowest BCUT2D eigenvalue weighted by Gasteiger charge is -2.25. The largest absolute Gasteiger partial charge is 0.467 e. The molecule has 86 valence electrons. The summed E-state index contributed by atoms with van der Waals surface area (Å²) in [5, 5.41) is 0. The highest BCUT2D eigenvalue weighted by molar-refractivity contribution is 5.23. The molecule has 0 aliphatic rings. The molecule has 1 heterocycles. The van der Waals surface area contributed by atoms with E-state index in [1.54, 1.807) is 0 Å². The zero-order valence-corrected chi connectivity index (χ0v) is 10.7. The first-order chi connectivity index (χ1) is 6.62. The van der Waals surface area contributed by atoms with Gasteiger partial charge in [0.1, 0.15) is 5.76 Å². The van der Waals surface area contributed by atoms with E-state index < -0.39 is 0 Å². The van der Waals surface area contributed by atoms with E-state index in [1.165, 1.54) is 5.56 Å². The molecular weight excluding hydrogens is 186 g/mol. The minimum absolute atomic E-state index is 0.0347. The number of hydrogen-bond acceptors (Lipinski definition) is 2. The fraction of sp³-hybridized carbons (Fsp3) is 0.692. The van der Waals surface area contributed by atoms with Crippen molar-refractivity contribution in [3.05, 3.63) is 23.7 Å². The Morgan fingerprint density at radius 3 is 2.00 bits per heavy atom. The Bertz CT molecular complexity index is 325. The van der Waals surface area contributed by atoms with Gasteiger partial charge in [-0.2, -0.15) is 0 Å². The molecule has 0 aromatic carbocycles. The van der Waals surface area contributed by atoms with E-state index in [-0.39, 0.29) is 16.9 Å². The molecule has 0 bridgehead atoms. The van der Waals surface area contributed by atoms with E-state index in [1.807, 2.05) is 6.26 Å². The number of nitrogens with two attached hydrogens (primary N) is 1. The normalized spacial score (nSPS) is 15.4. The van der Waals surface area contributed by atoms with Crippen molar-refractivity contribution in [2.75, 3.05) is 0 Å². The Morgan fingerprint density at radius 1 is 1.13 bits per heavy atom. The van der Waals surface area contributed by atoms with Crippen LogP contribution < -0.4 is 5.73 Å². The maximum Gasteiger partial charge on any atom is 0.121 e. The number of hydrogen-bond donors (Lipinski definition) is 1. The lowest BCUT2D eigenvalue weighted by molar-refractivity contribution is 0.285. The van der Waals surface area contributed by atoms with Crippen LogP contribution in [0.4, 0.5) is 0 Å². The van der Waals surface area contributed by atoms with Gasteiger partial charge in [0.05, 0.1) is 12.3 Å². The first-order valence-electron chi connectivity index (χ1n) is 5.47. The molecule has 0 amide bonds. The SMILES string of the molecule is CC(C)(C)c1coc([C@H](N)C(C)(C)C)c1. The van der Waals surface area contributed by atoms with Gasteiger partial charge < -0.3 is 10.2 Å². The van der Waals surface area contributed by atoms with Crippen LogP contribution in [0, 0.1) is 5.41 Å². The Kier molecular flexibility index (Phi) is 3.01. The molecule has 0 radical (unpaired) electrons. The van der Waals surface area contributed by atoms with E-state index in [0.29, 0.717) is 0 Å². The molecule has 1 aromatic rings. The summed E-state index contributed by atoms with van der Waals surface area (Å²) in [6, 6.07) is 2.03. The molecule has 15 heavy (non-hydrogen) atoms. The summed E-state index contributed by atoms with van der Waals surface area (Å²) in [6.45, 7) is 12.9. The molecule has 1 aromatic heterocycles. The summed E-state index contributed by atoms with van der Waals surface area (Å²) < 4.78 is 5.55. The molecule has 1 rings (SSSR count). The van der Waals surface area contributed by atoms with Gasteiger partial charge in [0.25, 0.3) is 0 Å². The Balaban J connectivity index is 2.95. The maximum absolute atomic E-state index is 6.13. The fourth-order valence-electron chi connectivity index (χ4n) is 1.34. The van der Waals surface area contributed by atoms with Crippen molar-refractivity contribution >= 4 is 0 Å². The van der Waals surface area contributed by atoms with E-state index >= 15 is 0 Å². The summed E-state index contributed by atoms with van der Waals surface area (Å²) in [7, 11) is 0. The quantitative estimate of drug-likeness (QED) is 0.767. The van der Waals surface area contributed by atoms with Gasteiger partial charge >= 0.3 is 0 Å². The Hall–Kier alpha value is -0.760. The van der Waals surface area contributed by atoms with Crippen molar-refractivity contribution < 1.29 is 4.42 Å². The van der Waals surface area contributed by atoms with Gasteiger partial charge in [0, 0.05) is 0 Å². The van der Waals surface area contributed by atoms with E-state index in [0.717, 1.165) is 5.76 Å². The van der Waals surface area contributed by atoms with Crippen molar-refractivity contribution in [3.63, 3.8) is 0 Å². The molecule has 0 saturated heterocycles. The van der Waals surface area contributed by atoms with Crippen molar-refractivity contribution in [2.45, 2.75) is 53.0 Å². The second-order valence-corrected chi connectivity index (χ2v) is 6.33. The molecule has 2 heteroatoms. The zero-order chi connectivity index (χ0) is 11.9. The van der Waals surface area contributed by atoms with Gasteiger partial charge in [0.15, 0.2) is 0 Å². The van der Waals surface area contributed by atoms with Crippen molar-refractivity contribution in [1.29, 1.82) is 0 Å². The maximum atomic E-state index is 6.13. The number of rotatable bonds is 1. The second kappa shape index (κ2) is 3.67. The van der Waals surface area contributed by atoms with Crippen LogP contribution in [0.1, 0.15) is 58.9 Å². The smallest absolute Gasteiger partial charge is 0.121 e. The summed E-state index contributed by atoms with van der Waals surface area (Å²) in [5.74, 6) is 0.882. The van der Waals surface area contributed by atoms with Crippen molar-refractivity contribution in [1.82, 2.24) is 0 Å². The van der Waals surface area contributed by atoms with Gasteiger partial charge in [-0.25, -0.2) is 0 Å². The Labute approximate surface area is 92.9 Å².